The minimum Gasteiger partial charge on any atom is -0.396 e. The summed E-state index contributed by atoms with van der Waals surface area (Å²) in [5.41, 5.74) is 6.73. The molecule has 3 atom stereocenters. The third-order valence-electron chi connectivity index (χ3n) is 4.29. The number of aromatic nitrogens is 2. The molecule has 0 spiro atoms. The molecule has 0 unspecified atom stereocenters. The van der Waals surface area contributed by atoms with Crippen LogP contribution in [-0.4, -0.2) is 38.9 Å². The lowest BCUT2D eigenvalue weighted by atomic mass is 10.1. The van der Waals surface area contributed by atoms with Crippen molar-refractivity contribution >= 4 is 35.0 Å². The summed E-state index contributed by atoms with van der Waals surface area (Å²) >= 11 is 12.3. The van der Waals surface area contributed by atoms with Gasteiger partial charge in [-0.05, 0) is 30.9 Å². The van der Waals surface area contributed by atoms with Gasteiger partial charge in [0.1, 0.15) is 11.4 Å². The predicted octanol–water partition coefficient (Wildman–Crippen LogP) is 2.31. The lowest BCUT2D eigenvalue weighted by Crippen LogP contribution is -2.29. The molecule has 5 N–H and O–H groups in total. The van der Waals surface area contributed by atoms with Crippen LogP contribution in [-0.2, 0) is 0 Å². The first-order valence-corrected chi connectivity index (χ1v) is 8.88. The van der Waals surface area contributed by atoms with Gasteiger partial charge in [-0.3, -0.25) is 0 Å². The Morgan fingerprint density at radius 1 is 1.19 bits per heavy atom. The van der Waals surface area contributed by atoms with Gasteiger partial charge in [0.05, 0.1) is 17.2 Å². The fourth-order valence-corrected chi connectivity index (χ4v) is 3.36. The third-order valence-corrected chi connectivity index (χ3v) is 4.89. The molecule has 6 nitrogen and oxygen atoms in total. The van der Waals surface area contributed by atoms with E-state index in [4.69, 9.17) is 28.9 Å². The van der Waals surface area contributed by atoms with Crippen molar-refractivity contribution in [3.63, 3.8) is 0 Å². The molecule has 1 fully saturated rings. The van der Waals surface area contributed by atoms with E-state index in [-0.39, 0.29) is 29.7 Å². The number of hydrogen-bond donors (Lipinski definition) is 4. The van der Waals surface area contributed by atoms with Crippen LogP contribution in [0, 0.1) is 17.8 Å². The van der Waals surface area contributed by atoms with Crippen LogP contribution in [0.15, 0.2) is 24.3 Å². The Hall–Kier alpha value is -2.04. The normalized spacial score (nSPS) is 21.9. The van der Waals surface area contributed by atoms with Crippen molar-refractivity contribution in [3.05, 3.63) is 45.6 Å². The fourth-order valence-electron chi connectivity index (χ4n) is 2.96. The van der Waals surface area contributed by atoms with Crippen molar-refractivity contribution in [2.24, 2.45) is 5.92 Å². The maximum atomic E-state index is 10.2. The molecule has 1 aliphatic carbocycles. The Labute approximate surface area is 161 Å². The van der Waals surface area contributed by atoms with Crippen LogP contribution in [0.4, 0.5) is 11.8 Å². The number of aliphatic hydroxyl groups excluding tert-OH is 2. The van der Waals surface area contributed by atoms with Crippen LogP contribution in [0.1, 0.15) is 24.0 Å². The lowest BCUT2D eigenvalue weighted by Gasteiger charge is -2.18. The van der Waals surface area contributed by atoms with Gasteiger partial charge in [-0.15, -0.1) is 0 Å². The van der Waals surface area contributed by atoms with Crippen LogP contribution in [0.2, 0.25) is 10.2 Å². The summed E-state index contributed by atoms with van der Waals surface area (Å²) in [7, 11) is 0. The van der Waals surface area contributed by atoms with E-state index < -0.39 is 6.10 Å². The first-order valence-electron chi connectivity index (χ1n) is 8.13. The van der Waals surface area contributed by atoms with E-state index >= 15 is 0 Å². The molecular formula is C18H18Cl2N4O2. The summed E-state index contributed by atoms with van der Waals surface area (Å²) in [5.74, 6) is 6.29. The molecular weight excluding hydrogens is 375 g/mol. The zero-order valence-electron chi connectivity index (χ0n) is 13.8. The lowest BCUT2D eigenvalue weighted by molar-refractivity contribution is 0.157. The second-order valence-corrected chi connectivity index (χ2v) is 6.93. The van der Waals surface area contributed by atoms with Gasteiger partial charge in [0.2, 0.25) is 5.95 Å². The Morgan fingerprint density at radius 3 is 2.65 bits per heavy atom. The molecule has 136 valence electrons. The van der Waals surface area contributed by atoms with Crippen molar-refractivity contribution in [2.75, 3.05) is 17.7 Å². The molecule has 1 aliphatic rings. The Morgan fingerprint density at radius 2 is 1.96 bits per heavy atom. The first-order chi connectivity index (χ1) is 12.5. The Balaban J connectivity index is 1.93. The molecule has 1 saturated carbocycles. The molecule has 0 bridgehead atoms. The molecule has 1 aromatic heterocycles. The second kappa shape index (κ2) is 8.11. The van der Waals surface area contributed by atoms with E-state index in [1.807, 2.05) is 12.1 Å². The number of nitrogen functional groups attached to an aromatic ring is 1. The SMILES string of the molecule is Nc1nc(Cl)c(C#Cc2ccccc2Cl)c(N[C@@H]2C[C@H](CO)C[C@H]2O)n1. The number of nitrogens with one attached hydrogen (secondary N) is 1. The van der Waals surface area contributed by atoms with Crippen molar-refractivity contribution in [3.8, 4) is 11.8 Å². The van der Waals surface area contributed by atoms with E-state index in [1.54, 1.807) is 12.1 Å². The molecule has 2 aromatic rings. The number of aliphatic hydroxyl groups is 2. The summed E-state index contributed by atoms with van der Waals surface area (Å²) < 4.78 is 0. The third kappa shape index (κ3) is 4.19. The Bertz CT molecular complexity index is 866. The van der Waals surface area contributed by atoms with Gasteiger partial charge in [0, 0.05) is 12.2 Å². The Kier molecular flexibility index (Phi) is 5.84. The van der Waals surface area contributed by atoms with Crippen LogP contribution in [0.5, 0.6) is 0 Å². The second-order valence-electron chi connectivity index (χ2n) is 6.16. The van der Waals surface area contributed by atoms with Crippen molar-refractivity contribution in [1.29, 1.82) is 0 Å². The van der Waals surface area contributed by atoms with E-state index in [0.29, 0.717) is 34.8 Å². The van der Waals surface area contributed by atoms with Crippen molar-refractivity contribution in [1.82, 2.24) is 9.97 Å². The van der Waals surface area contributed by atoms with Crippen LogP contribution in [0.25, 0.3) is 0 Å². The summed E-state index contributed by atoms with van der Waals surface area (Å²) in [6.45, 7) is 0.0288. The van der Waals surface area contributed by atoms with E-state index in [2.05, 4.69) is 27.1 Å². The number of anilines is 2. The number of halogens is 2. The zero-order valence-corrected chi connectivity index (χ0v) is 15.3. The molecule has 1 heterocycles. The van der Waals surface area contributed by atoms with Gasteiger partial charge in [-0.1, -0.05) is 47.2 Å². The monoisotopic (exact) mass is 392 g/mol. The molecule has 1 aromatic carbocycles. The number of hydrogen-bond acceptors (Lipinski definition) is 6. The summed E-state index contributed by atoms with van der Waals surface area (Å²) in [5, 5.41) is 23.3. The summed E-state index contributed by atoms with van der Waals surface area (Å²) in [6, 6.07) is 6.91. The minimum atomic E-state index is -0.605. The average Bonchev–Trinajstić information content (AvgIpc) is 2.95. The van der Waals surface area contributed by atoms with E-state index in [9.17, 15) is 10.2 Å². The largest absolute Gasteiger partial charge is 0.396 e. The van der Waals surface area contributed by atoms with E-state index in [0.717, 1.165) is 0 Å². The number of benzene rings is 1. The predicted molar refractivity (Wildman–Crippen MR) is 102 cm³/mol. The van der Waals surface area contributed by atoms with E-state index in [1.165, 1.54) is 0 Å². The van der Waals surface area contributed by atoms with Crippen molar-refractivity contribution in [2.45, 2.75) is 25.0 Å². The molecule has 3 rings (SSSR count). The number of nitrogens with zero attached hydrogens (tertiary/aromatic N) is 2. The smallest absolute Gasteiger partial charge is 0.223 e. The van der Waals surface area contributed by atoms with Crippen LogP contribution >= 0.6 is 23.2 Å². The molecule has 8 heteroatoms. The van der Waals surface area contributed by atoms with Gasteiger partial charge >= 0.3 is 0 Å². The maximum Gasteiger partial charge on any atom is 0.223 e. The molecule has 0 amide bonds. The van der Waals surface area contributed by atoms with Crippen molar-refractivity contribution < 1.29 is 10.2 Å². The van der Waals surface area contributed by atoms with Gasteiger partial charge in [0.15, 0.2) is 5.15 Å². The topological polar surface area (TPSA) is 104 Å². The highest BCUT2D eigenvalue weighted by atomic mass is 35.5. The van der Waals surface area contributed by atoms with Gasteiger partial charge in [-0.2, -0.15) is 9.97 Å². The number of nitrogens with two attached hydrogens (primary N) is 1. The average molecular weight is 393 g/mol. The zero-order chi connectivity index (χ0) is 18.7. The maximum absolute atomic E-state index is 10.2. The van der Waals surface area contributed by atoms with Crippen LogP contribution in [0.3, 0.4) is 0 Å². The molecule has 0 saturated heterocycles. The summed E-state index contributed by atoms with van der Waals surface area (Å²) in [4.78, 5) is 8.13. The van der Waals surface area contributed by atoms with Gasteiger partial charge in [0.25, 0.3) is 0 Å². The molecule has 0 radical (unpaired) electrons. The summed E-state index contributed by atoms with van der Waals surface area (Å²) in [6.07, 6.45) is 0.520. The standard InChI is InChI=1S/C18H18Cl2N4O2/c19-13-4-2-1-3-11(13)5-6-12-16(20)23-18(21)24-17(12)22-14-7-10(9-25)8-15(14)26/h1-4,10,14-15,25-26H,7-9H2,(H3,21,22,23,24)/t10-,14+,15+/m0/s1. The highest BCUT2D eigenvalue weighted by Gasteiger charge is 2.33. The molecule has 26 heavy (non-hydrogen) atoms. The molecule has 0 aliphatic heterocycles. The fraction of sp³-hybridized carbons (Fsp3) is 0.333. The highest BCUT2D eigenvalue weighted by molar-refractivity contribution is 6.32. The minimum absolute atomic E-state index is 0.00647. The highest BCUT2D eigenvalue weighted by Crippen LogP contribution is 2.30. The van der Waals surface area contributed by atoms with Crippen LogP contribution < -0.4 is 11.1 Å². The number of rotatable bonds is 3. The van der Waals surface area contributed by atoms with Gasteiger partial charge in [-0.25, -0.2) is 0 Å². The first kappa shape index (κ1) is 18.7. The quantitative estimate of drug-likeness (QED) is 0.471. The van der Waals surface area contributed by atoms with Gasteiger partial charge < -0.3 is 21.3 Å².